The molecule has 0 saturated heterocycles. The van der Waals surface area contributed by atoms with Gasteiger partial charge in [0.2, 0.25) is 0 Å². The van der Waals surface area contributed by atoms with E-state index in [9.17, 15) is 4.79 Å². The number of hydrogen-bond donors (Lipinski definition) is 1. The van der Waals surface area contributed by atoms with Crippen molar-refractivity contribution in [3.8, 4) is 5.75 Å². The smallest absolute Gasteiger partial charge is 0.339 e. The Hall–Kier alpha value is -3.41. The highest BCUT2D eigenvalue weighted by molar-refractivity contribution is 5.96. The zero-order valence-electron chi connectivity index (χ0n) is 17.5. The highest BCUT2D eigenvalue weighted by Gasteiger charge is 2.58. The van der Waals surface area contributed by atoms with Crippen molar-refractivity contribution in [2.75, 3.05) is 38.8 Å². The predicted molar refractivity (Wildman–Crippen MR) is 117 cm³/mol. The standard InChI is InChI=1S/C24H25N3O3/c1-26(2)15-6-9-18-21(12-15)29-22-13-16(27(3)4)7-10-19(22)24(18)20-11-14(25)5-8-17(20)23(28)30-24/h5-13,18,21H,25H2,1-4H3/t18-,21+,24-/m1/s1. The molecule has 30 heavy (non-hydrogen) atoms. The number of fused-ring (bicyclic) bond motifs is 6. The fourth-order valence-corrected chi connectivity index (χ4v) is 4.68. The molecule has 2 aromatic rings. The third-order valence-electron chi connectivity index (χ3n) is 6.21. The lowest BCUT2D eigenvalue weighted by Gasteiger charge is -2.45. The maximum atomic E-state index is 12.9. The normalized spacial score (nSPS) is 25.6. The fourth-order valence-electron chi connectivity index (χ4n) is 4.68. The summed E-state index contributed by atoms with van der Waals surface area (Å²) in [7, 11) is 7.97. The van der Waals surface area contributed by atoms with Crippen molar-refractivity contribution in [1.29, 1.82) is 0 Å². The zero-order valence-corrected chi connectivity index (χ0v) is 17.5. The Morgan fingerprint density at radius 3 is 2.53 bits per heavy atom. The molecule has 0 bridgehead atoms. The van der Waals surface area contributed by atoms with E-state index >= 15 is 0 Å². The zero-order chi connectivity index (χ0) is 21.2. The molecule has 0 aromatic heterocycles. The average Bonchev–Trinajstić information content (AvgIpc) is 2.99. The van der Waals surface area contributed by atoms with E-state index in [-0.39, 0.29) is 18.0 Å². The van der Waals surface area contributed by atoms with Crippen molar-refractivity contribution in [3.63, 3.8) is 0 Å². The van der Waals surface area contributed by atoms with Gasteiger partial charge in [0.25, 0.3) is 0 Å². The third kappa shape index (κ3) is 2.46. The predicted octanol–water partition coefficient (Wildman–Crippen LogP) is 3.14. The number of nitrogens with zero attached hydrogens (tertiary/aromatic N) is 2. The summed E-state index contributed by atoms with van der Waals surface area (Å²) < 4.78 is 12.7. The van der Waals surface area contributed by atoms with Crippen LogP contribution in [0.3, 0.4) is 0 Å². The summed E-state index contributed by atoms with van der Waals surface area (Å²) in [6, 6.07) is 11.4. The Labute approximate surface area is 176 Å². The number of rotatable bonds is 2. The molecule has 6 heteroatoms. The summed E-state index contributed by atoms with van der Waals surface area (Å²) in [6.07, 6.45) is 5.96. The van der Waals surface area contributed by atoms with E-state index in [1.165, 1.54) is 0 Å². The first-order valence-corrected chi connectivity index (χ1v) is 10.0. The molecule has 154 valence electrons. The topological polar surface area (TPSA) is 68.0 Å². The second kappa shape index (κ2) is 6.29. The van der Waals surface area contributed by atoms with Gasteiger partial charge in [-0.15, -0.1) is 0 Å². The van der Waals surface area contributed by atoms with Gasteiger partial charge in [0, 0.05) is 62.5 Å². The van der Waals surface area contributed by atoms with Gasteiger partial charge in [-0.2, -0.15) is 0 Å². The number of ether oxygens (including phenoxy) is 2. The van der Waals surface area contributed by atoms with Crippen LogP contribution in [0.2, 0.25) is 0 Å². The minimum Gasteiger partial charge on any atom is -0.485 e. The Morgan fingerprint density at radius 1 is 1.00 bits per heavy atom. The summed E-state index contributed by atoms with van der Waals surface area (Å²) in [5.74, 6) is 0.185. The van der Waals surface area contributed by atoms with Gasteiger partial charge in [0.15, 0.2) is 5.60 Å². The first-order chi connectivity index (χ1) is 14.3. The maximum absolute atomic E-state index is 12.9. The Balaban J connectivity index is 1.78. The number of esters is 1. The molecule has 1 spiro atoms. The minimum absolute atomic E-state index is 0.203. The highest BCUT2D eigenvalue weighted by atomic mass is 16.6. The monoisotopic (exact) mass is 403 g/mol. The van der Waals surface area contributed by atoms with E-state index in [1.54, 1.807) is 12.1 Å². The lowest BCUT2D eigenvalue weighted by Crippen LogP contribution is -2.48. The Kier molecular flexibility index (Phi) is 3.90. The van der Waals surface area contributed by atoms with Crippen molar-refractivity contribution in [1.82, 2.24) is 4.90 Å². The first-order valence-electron chi connectivity index (χ1n) is 10.0. The molecule has 1 aliphatic carbocycles. The van der Waals surface area contributed by atoms with Crippen LogP contribution in [-0.4, -0.2) is 45.2 Å². The lowest BCUT2D eigenvalue weighted by molar-refractivity contribution is -0.0420. The molecule has 0 amide bonds. The molecule has 2 heterocycles. The van der Waals surface area contributed by atoms with Gasteiger partial charge in [0.1, 0.15) is 11.9 Å². The summed E-state index contributed by atoms with van der Waals surface area (Å²) in [4.78, 5) is 17.0. The molecule has 6 nitrogen and oxygen atoms in total. The average molecular weight is 403 g/mol. The van der Waals surface area contributed by atoms with Crippen molar-refractivity contribution in [2.24, 2.45) is 5.92 Å². The molecular formula is C24H25N3O3. The maximum Gasteiger partial charge on any atom is 0.339 e. The summed E-state index contributed by atoms with van der Waals surface area (Å²) in [6.45, 7) is 0. The molecule has 0 saturated carbocycles. The van der Waals surface area contributed by atoms with Crippen molar-refractivity contribution < 1.29 is 14.3 Å². The van der Waals surface area contributed by atoms with E-state index in [4.69, 9.17) is 15.2 Å². The van der Waals surface area contributed by atoms with Crippen LogP contribution in [0.1, 0.15) is 21.5 Å². The molecule has 0 radical (unpaired) electrons. The van der Waals surface area contributed by atoms with Gasteiger partial charge < -0.3 is 25.0 Å². The minimum atomic E-state index is -0.976. The SMILES string of the molecule is CN(C)C1=C[C@@H]2Oc3cc(N(C)C)ccc3[C@]3(OC(=O)c4ccc(N)cc43)[C@@H]2C=C1. The number of anilines is 2. The quantitative estimate of drug-likeness (QED) is 0.614. The largest absolute Gasteiger partial charge is 0.485 e. The van der Waals surface area contributed by atoms with Gasteiger partial charge in [-0.05, 0) is 42.5 Å². The number of likely N-dealkylation sites (N-methyl/N-ethyl adjacent to an activating group) is 1. The second-order valence-corrected chi connectivity index (χ2v) is 8.46. The first kappa shape index (κ1) is 18.6. The summed E-state index contributed by atoms with van der Waals surface area (Å²) in [5.41, 5.74) is 10.0. The van der Waals surface area contributed by atoms with E-state index in [0.717, 1.165) is 28.3 Å². The number of nitrogen functional groups attached to an aromatic ring is 1. The number of carbonyl (C=O) groups is 1. The van der Waals surface area contributed by atoms with Crippen LogP contribution < -0.4 is 15.4 Å². The van der Waals surface area contributed by atoms with E-state index in [1.807, 2.05) is 62.3 Å². The van der Waals surface area contributed by atoms with Gasteiger partial charge in [-0.1, -0.05) is 6.08 Å². The van der Waals surface area contributed by atoms with Crippen molar-refractivity contribution >= 4 is 17.3 Å². The van der Waals surface area contributed by atoms with Gasteiger partial charge in [-0.3, -0.25) is 0 Å². The van der Waals surface area contributed by atoms with Gasteiger partial charge >= 0.3 is 5.97 Å². The number of allylic oxidation sites excluding steroid dienone is 1. The van der Waals surface area contributed by atoms with Crippen LogP contribution in [0, 0.1) is 5.92 Å². The summed E-state index contributed by atoms with van der Waals surface area (Å²) in [5, 5.41) is 0. The number of benzene rings is 2. The van der Waals surface area contributed by atoms with Crippen LogP contribution in [0.15, 0.2) is 60.3 Å². The van der Waals surface area contributed by atoms with Gasteiger partial charge in [0.05, 0.1) is 11.5 Å². The summed E-state index contributed by atoms with van der Waals surface area (Å²) >= 11 is 0. The van der Waals surface area contributed by atoms with E-state index < -0.39 is 5.60 Å². The molecular weight excluding hydrogens is 378 g/mol. The number of nitrogens with two attached hydrogens (primary N) is 1. The molecule has 2 aromatic carbocycles. The molecule has 3 atom stereocenters. The van der Waals surface area contributed by atoms with Crippen molar-refractivity contribution in [3.05, 3.63) is 77.0 Å². The van der Waals surface area contributed by atoms with Crippen LogP contribution >= 0.6 is 0 Å². The molecule has 5 rings (SSSR count). The third-order valence-corrected chi connectivity index (χ3v) is 6.21. The molecule has 0 fully saturated rings. The number of hydrogen-bond acceptors (Lipinski definition) is 6. The van der Waals surface area contributed by atoms with Crippen LogP contribution in [0.25, 0.3) is 0 Å². The Morgan fingerprint density at radius 2 is 1.80 bits per heavy atom. The molecule has 2 N–H and O–H groups in total. The lowest BCUT2D eigenvalue weighted by atomic mass is 9.70. The molecule has 3 aliphatic rings. The highest BCUT2D eigenvalue weighted by Crippen LogP contribution is 2.56. The van der Waals surface area contributed by atoms with E-state index in [2.05, 4.69) is 18.2 Å². The van der Waals surface area contributed by atoms with Crippen LogP contribution in [0.5, 0.6) is 5.75 Å². The van der Waals surface area contributed by atoms with Gasteiger partial charge in [-0.25, -0.2) is 4.79 Å². The van der Waals surface area contributed by atoms with Crippen molar-refractivity contribution in [2.45, 2.75) is 11.7 Å². The fraction of sp³-hybridized carbons (Fsp3) is 0.292. The molecule has 0 unspecified atom stereocenters. The van der Waals surface area contributed by atoms with Crippen LogP contribution in [-0.2, 0) is 10.3 Å². The van der Waals surface area contributed by atoms with Crippen LogP contribution in [0.4, 0.5) is 11.4 Å². The Bertz CT molecular complexity index is 1120. The number of carbonyl (C=O) groups excluding carboxylic acids is 1. The van der Waals surface area contributed by atoms with E-state index in [0.29, 0.717) is 11.3 Å². The molecule has 2 aliphatic heterocycles. The second-order valence-electron chi connectivity index (χ2n) is 8.46.